The van der Waals surface area contributed by atoms with E-state index in [1.165, 1.54) is 35.5 Å². The molecule has 0 spiro atoms. The molecule has 1 aromatic carbocycles. The number of carbonyl (C=O) groups is 2. The predicted molar refractivity (Wildman–Crippen MR) is 74.1 cm³/mol. The second-order valence-corrected chi connectivity index (χ2v) is 6.81. The number of nitrogens with zero attached hydrogens (tertiary/aromatic N) is 1. The summed E-state index contributed by atoms with van der Waals surface area (Å²) in [7, 11) is -3.58. The summed E-state index contributed by atoms with van der Waals surface area (Å²) >= 11 is 0. The van der Waals surface area contributed by atoms with E-state index in [4.69, 9.17) is 0 Å². The molecule has 2 rings (SSSR count). The minimum Gasteiger partial charge on any atom is -0.300 e. The summed E-state index contributed by atoms with van der Waals surface area (Å²) in [6.07, 6.45) is 1.27. The third-order valence-corrected chi connectivity index (χ3v) is 5.31. The van der Waals surface area contributed by atoms with Crippen LogP contribution in [0.15, 0.2) is 29.2 Å². The van der Waals surface area contributed by atoms with Crippen molar-refractivity contribution in [3.63, 3.8) is 0 Å². The number of carbonyl (C=O) groups excluding carboxylic acids is 2. The van der Waals surface area contributed by atoms with E-state index in [1.807, 2.05) is 0 Å². The molecule has 0 bridgehead atoms. The van der Waals surface area contributed by atoms with Crippen LogP contribution in [-0.4, -0.2) is 37.4 Å². The zero-order chi connectivity index (χ0) is 14.8. The van der Waals surface area contributed by atoms with Crippen LogP contribution in [0.5, 0.6) is 0 Å². The Labute approximate surface area is 118 Å². The van der Waals surface area contributed by atoms with E-state index in [9.17, 15) is 18.0 Å². The van der Waals surface area contributed by atoms with Gasteiger partial charge in [-0.2, -0.15) is 4.31 Å². The van der Waals surface area contributed by atoms with Crippen molar-refractivity contribution in [3.05, 3.63) is 29.8 Å². The Morgan fingerprint density at radius 1 is 1.10 bits per heavy atom. The van der Waals surface area contributed by atoms with E-state index in [0.717, 1.165) is 0 Å². The van der Waals surface area contributed by atoms with Crippen LogP contribution in [0.4, 0.5) is 0 Å². The van der Waals surface area contributed by atoms with Gasteiger partial charge in [0.2, 0.25) is 10.0 Å². The molecule has 1 fully saturated rings. The second-order valence-electron chi connectivity index (χ2n) is 4.88. The molecule has 0 unspecified atom stereocenters. The van der Waals surface area contributed by atoms with Gasteiger partial charge in [0.05, 0.1) is 4.90 Å². The number of rotatable bonds is 3. The predicted octanol–water partition coefficient (Wildman–Crippen LogP) is 1.63. The maximum Gasteiger partial charge on any atom is 0.243 e. The average Bonchev–Trinajstić information content (AvgIpc) is 2.64. The Balaban J connectivity index is 2.25. The molecule has 0 N–H and O–H groups in total. The van der Waals surface area contributed by atoms with Crippen molar-refractivity contribution in [2.45, 2.75) is 31.1 Å². The van der Waals surface area contributed by atoms with Crippen molar-refractivity contribution >= 4 is 21.6 Å². The van der Waals surface area contributed by atoms with Gasteiger partial charge in [-0.3, -0.25) is 9.59 Å². The van der Waals surface area contributed by atoms with Crippen LogP contribution in [0.1, 0.15) is 36.5 Å². The topological polar surface area (TPSA) is 71.5 Å². The van der Waals surface area contributed by atoms with Gasteiger partial charge in [0.15, 0.2) is 5.78 Å². The Kier molecular flexibility index (Phi) is 4.35. The number of benzene rings is 1. The van der Waals surface area contributed by atoms with Crippen molar-refractivity contribution in [2.75, 3.05) is 13.1 Å². The van der Waals surface area contributed by atoms with Gasteiger partial charge in [0.1, 0.15) is 5.78 Å². The fraction of sp³-hybridized carbons (Fsp3) is 0.429. The molecule has 1 aliphatic heterocycles. The smallest absolute Gasteiger partial charge is 0.243 e. The maximum atomic E-state index is 12.5. The Bertz CT molecular complexity index is 619. The second kappa shape index (κ2) is 5.85. The molecule has 5 nitrogen and oxygen atoms in total. The SMILES string of the molecule is CC(=O)c1ccc(S(=O)(=O)N2CCCC(=O)CC2)cc1. The lowest BCUT2D eigenvalue weighted by Gasteiger charge is -2.19. The highest BCUT2D eigenvalue weighted by Gasteiger charge is 2.26. The first-order valence-corrected chi connectivity index (χ1v) is 7.98. The Hall–Kier alpha value is -1.53. The standard InChI is InChI=1S/C14H17NO4S/c1-11(16)12-4-6-14(7-5-12)20(18,19)15-9-2-3-13(17)8-10-15/h4-7H,2-3,8-10H2,1H3. The molecule has 0 amide bonds. The van der Waals surface area contributed by atoms with Crippen molar-refractivity contribution in [1.82, 2.24) is 4.31 Å². The van der Waals surface area contributed by atoms with Crippen LogP contribution in [0, 0.1) is 0 Å². The minimum absolute atomic E-state index is 0.102. The first-order chi connectivity index (χ1) is 9.41. The lowest BCUT2D eigenvalue weighted by molar-refractivity contribution is -0.118. The summed E-state index contributed by atoms with van der Waals surface area (Å²) in [6.45, 7) is 2.03. The molecular weight excluding hydrogens is 278 g/mol. The van der Waals surface area contributed by atoms with Gasteiger partial charge < -0.3 is 0 Å². The highest BCUT2D eigenvalue weighted by molar-refractivity contribution is 7.89. The maximum absolute atomic E-state index is 12.5. The lowest BCUT2D eigenvalue weighted by atomic mass is 10.2. The molecule has 1 saturated heterocycles. The first kappa shape index (κ1) is 14.9. The molecule has 0 radical (unpaired) electrons. The molecule has 0 saturated carbocycles. The van der Waals surface area contributed by atoms with E-state index >= 15 is 0 Å². The molecule has 0 atom stereocenters. The molecule has 20 heavy (non-hydrogen) atoms. The summed E-state index contributed by atoms with van der Waals surface area (Å²) in [5.41, 5.74) is 0.481. The van der Waals surface area contributed by atoms with E-state index in [0.29, 0.717) is 24.9 Å². The molecule has 0 aliphatic carbocycles. The number of hydrogen-bond acceptors (Lipinski definition) is 4. The zero-order valence-corrected chi connectivity index (χ0v) is 12.1. The first-order valence-electron chi connectivity index (χ1n) is 6.54. The summed E-state index contributed by atoms with van der Waals surface area (Å²) in [4.78, 5) is 22.7. The average molecular weight is 295 g/mol. The third-order valence-electron chi connectivity index (χ3n) is 3.40. The number of ketones is 2. The van der Waals surface area contributed by atoms with Crippen molar-refractivity contribution in [1.29, 1.82) is 0 Å². The van der Waals surface area contributed by atoms with Crippen LogP contribution in [0.25, 0.3) is 0 Å². The minimum atomic E-state index is -3.58. The molecule has 6 heteroatoms. The Morgan fingerprint density at radius 3 is 2.35 bits per heavy atom. The van der Waals surface area contributed by atoms with Crippen LogP contribution in [0.2, 0.25) is 0 Å². The number of sulfonamides is 1. The van der Waals surface area contributed by atoms with Crippen molar-refractivity contribution < 1.29 is 18.0 Å². The van der Waals surface area contributed by atoms with Crippen molar-refractivity contribution in [3.8, 4) is 0 Å². The van der Waals surface area contributed by atoms with Crippen molar-refractivity contribution in [2.24, 2.45) is 0 Å². The summed E-state index contributed by atoms with van der Waals surface area (Å²) in [5.74, 6) is 0.00365. The molecular formula is C14H17NO4S. The highest BCUT2D eigenvalue weighted by atomic mass is 32.2. The van der Waals surface area contributed by atoms with E-state index in [2.05, 4.69) is 0 Å². The molecule has 0 aromatic heterocycles. The Morgan fingerprint density at radius 2 is 1.75 bits per heavy atom. The number of Topliss-reactive ketones (excluding diaryl/α,β-unsaturated/α-hetero) is 2. The van der Waals surface area contributed by atoms with Crippen LogP contribution in [0.3, 0.4) is 0 Å². The lowest BCUT2D eigenvalue weighted by Crippen LogP contribution is -2.32. The fourth-order valence-electron chi connectivity index (χ4n) is 2.19. The fourth-order valence-corrected chi connectivity index (χ4v) is 3.67. The normalized spacial score (nSPS) is 17.8. The van der Waals surface area contributed by atoms with Gasteiger partial charge in [-0.25, -0.2) is 8.42 Å². The van der Waals surface area contributed by atoms with Gasteiger partial charge in [0.25, 0.3) is 0 Å². The van der Waals surface area contributed by atoms with E-state index in [-0.39, 0.29) is 29.4 Å². The van der Waals surface area contributed by atoms with Gasteiger partial charge in [-0.15, -0.1) is 0 Å². The van der Waals surface area contributed by atoms with Crippen LogP contribution >= 0.6 is 0 Å². The summed E-state index contributed by atoms with van der Waals surface area (Å²) in [5, 5.41) is 0. The summed E-state index contributed by atoms with van der Waals surface area (Å²) < 4.78 is 26.3. The third kappa shape index (κ3) is 3.13. The monoisotopic (exact) mass is 295 g/mol. The largest absolute Gasteiger partial charge is 0.300 e. The van der Waals surface area contributed by atoms with E-state index < -0.39 is 10.0 Å². The number of hydrogen-bond donors (Lipinski definition) is 0. The summed E-state index contributed by atoms with van der Waals surface area (Å²) in [6, 6.07) is 5.91. The van der Waals surface area contributed by atoms with Gasteiger partial charge >= 0.3 is 0 Å². The quantitative estimate of drug-likeness (QED) is 0.795. The van der Waals surface area contributed by atoms with E-state index in [1.54, 1.807) is 0 Å². The molecule has 1 heterocycles. The van der Waals surface area contributed by atoms with Gasteiger partial charge in [-0.05, 0) is 25.5 Å². The zero-order valence-electron chi connectivity index (χ0n) is 11.3. The van der Waals surface area contributed by atoms with Gasteiger partial charge in [0, 0.05) is 31.5 Å². The van der Waals surface area contributed by atoms with Gasteiger partial charge in [-0.1, -0.05) is 12.1 Å². The van der Waals surface area contributed by atoms with Crippen LogP contribution in [-0.2, 0) is 14.8 Å². The molecule has 108 valence electrons. The van der Waals surface area contributed by atoms with Crippen LogP contribution < -0.4 is 0 Å². The molecule has 1 aliphatic rings. The highest BCUT2D eigenvalue weighted by Crippen LogP contribution is 2.19. The molecule has 1 aromatic rings.